The van der Waals surface area contributed by atoms with Crippen LogP contribution in [0.2, 0.25) is 0 Å². The summed E-state index contributed by atoms with van der Waals surface area (Å²) in [5, 5.41) is 20.2. The van der Waals surface area contributed by atoms with Crippen LogP contribution in [0.1, 0.15) is 11.1 Å². The first-order valence-electron chi connectivity index (χ1n) is 18.4. The number of benzene rings is 8. The lowest BCUT2D eigenvalue weighted by molar-refractivity contribution is 1.25. The topological polar surface area (TPSA) is 54.1 Å². The van der Waals surface area contributed by atoms with Gasteiger partial charge < -0.3 is 9.80 Å². The first kappa shape index (κ1) is 32.1. The molecule has 254 valence electrons. The maximum atomic E-state index is 10.2. The van der Waals surface area contributed by atoms with Gasteiger partial charge in [-0.2, -0.15) is 10.5 Å². The highest BCUT2D eigenvalue weighted by Gasteiger charge is 2.43. The second-order valence-electron chi connectivity index (χ2n) is 14.0. The van der Waals surface area contributed by atoms with Gasteiger partial charge in [-0.3, -0.25) is 0 Å². The molecule has 0 aromatic heterocycles. The van der Waals surface area contributed by atoms with Gasteiger partial charge in [0, 0.05) is 34.0 Å². The predicted octanol–water partition coefficient (Wildman–Crippen LogP) is 10.5. The molecule has 0 spiro atoms. The number of nitriles is 2. The van der Waals surface area contributed by atoms with Crippen LogP contribution in [0.4, 0.5) is 34.1 Å². The van der Waals surface area contributed by atoms with E-state index in [0.717, 1.165) is 78.4 Å². The van der Waals surface area contributed by atoms with Gasteiger partial charge >= 0.3 is 0 Å². The van der Waals surface area contributed by atoms with Gasteiger partial charge in [-0.1, -0.05) is 115 Å². The summed E-state index contributed by atoms with van der Waals surface area (Å²) in [4.78, 5) is 4.75. The summed E-state index contributed by atoms with van der Waals surface area (Å²) in [5.74, 6) is 0. The zero-order chi connectivity index (χ0) is 36.9. The number of nitrogens with zero attached hydrogens (tertiary/aromatic N) is 4. The third-order valence-electron chi connectivity index (χ3n) is 10.9. The van der Waals surface area contributed by atoms with Gasteiger partial charge in [-0.25, -0.2) is 0 Å². The number of fused-ring (bicyclic) bond motifs is 4. The molecular weight excluding hydrogens is 667 g/mol. The standard InChI is InChI=1S/C50H31BN4/c52-32-34-23-25-45(42(27-34)38-17-8-3-9-18-38)55-46-20-11-10-19-43(46)51-44-28-35(33-53)24-26-47(44)54(48-21-12-22-49(55)50(48)51)41-30-39(36-13-4-1-5-14-36)29-40(31-41)37-15-6-2-7-16-37/h1-31H. The van der Waals surface area contributed by atoms with Crippen molar-refractivity contribution < 1.29 is 0 Å². The van der Waals surface area contributed by atoms with Crippen LogP contribution in [0.3, 0.4) is 0 Å². The molecule has 0 saturated carbocycles. The van der Waals surface area contributed by atoms with Gasteiger partial charge in [0.1, 0.15) is 0 Å². The van der Waals surface area contributed by atoms with E-state index in [-0.39, 0.29) is 6.71 Å². The van der Waals surface area contributed by atoms with Gasteiger partial charge in [0.05, 0.1) is 29.0 Å². The summed E-state index contributed by atoms with van der Waals surface area (Å²) in [6.07, 6.45) is 0. The average Bonchev–Trinajstić information content (AvgIpc) is 3.26. The molecule has 10 rings (SSSR count). The lowest BCUT2D eigenvalue weighted by Gasteiger charge is -2.44. The fourth-order valence-corrected chi connectivity index (χ4v) is 8.48. The van der Waals surface area contributed by atoms with Crippen LogP contribution in [0.5, 0.6) is 0 Å². The number of hydrogen-bond acceptors (Lipinski definition) is 4. The summed E-state index contributed by atoms with van der Waals surface area (Å²) < 4.78 is 0. The third kappa shape index (κ3) is 5.30. The Morgan fingerprint density at radius 1 is 0.364 bits per heavy atom. The summed E-state index contributed by atoms with van der Waals surface area (Å²) in [6.45, 7) is -0.123. The Balaban J connectivity index is 1.27. The van der Waals surface area contributed by atoms with Crippen molar-refractivity contribution in [3.05, 3.63) is 199 Å². The molecular formula is C50H31BN4. The first-order valence-corrected chi connectivity index (χ1v) is 18.4. The molecule has 0 saturated heterocycles. The molecule has 8 aromatic rings. The van der Waals surface area contributed by atoms with Crippen molar-refractivity contribution >= 4 is 57.2 Å². The molecule has 0 atom stereocenters. The molecule has 4 nitrogen and oxygen atoms in total. The monoisotopic (exact) mass is 698 g/mol. The summed E-state index contributed by atoms with van der Waals surface area (Å²) >= 11 is 0. The van der Waals surface area contributed by atoms with E-state index >= 15 is 0 Å². The zero-order valence-electron chi connectivity index (χ0n) is 29.8. The normalized spacial score (nSPS) is 12.2. The van der Waals surface area contributed by atoms with Gasteiger partial charge in [-0.15, -0.1) is 0 Å². The Labute approximate surface area is 321 Å². The fourth-order valence-electron chi connectivity index (χ4n) is 8.48. The van der Waals surface area contributed by atoms with Crippen molar-refractivity contribution in [3.63, 3.8) is 0 Å². The zero-order valence-corrected chi connectivity index (χ0v) is 29.8. The van der Waals surface area contributed by atoms with Crippen molar-refractivity contribution in [2.75, 3.05) is 9.80 Å². The molecule has 0 amide bonds. The molecule has 0 aliphatic carbocycles. The minimum absolute atomic E-state index is 0.123. The first-order chi connectivity index (χ1) is 27.2. The molecule has 2 aliphatic heterocycles. The van der Waals surface area contributed by atoms with Crippen molar-refractivity contribution in [2.24, 2.45) is 0 Å². The predicted molar refractivity (Wildman–Crippen MR) is 226 cm³/mol. The minimum atomic E-state index is -0.123. The Bertz CT molecular complexity index is 2800. The van der Waals surface area contributed by atoms with E-state index < -0.39 is 0 Å². The smallest absolute Gasteiger partial charge is 0.252 e. The summed E-state index contributed by atoms with van der Waals surface area (Å²) in [5.41, 5.74) is 17.5. The number of anilines is 6. The quantitative estimate of drug-likeness (QED) is 0.168. The molecule has 5 heteroatoms. The van der Waals surface area contributed by atoms with Crippen LogP contribution in [0, 0.1) is 22.7 Å². The molecule has 0 N–H and O–H groups in total. The van der Waals surface area contributed by atoms with Gasteiger partial charge in [0.25, 0.3) is 6.71 Å². The van der Waals surface area contributed by atoms with Gasteiger partial charge in [0.2, 0.25) is 0 Å². The molecule has 0 bridgehead atoms. The number of rotatable bonds is 5. The molecule has 55 heavy (non-hydrogen) atoms. The molecule has 0 fully saturated rings. The van der Waals surface area contributed by atoms with Gasteiger partial charge in [0.15, 0.2) is 0 Å². The lowest BCUT2D eigenvalue weighted by Crippen LogP contribution is -2.61. The van der Waals surface area contributed by atoms with Crippen molar-refractivity contribution in [1.82, 2.24) is 0 Å². The van der Waals surface area contributed by atoms with E-state index in [9.17, 15) is 10.5 Å². The van der Waals surface area contributed by atoms with Gasteiger partial charge in [-0.05, 0) is 117 Å². The highest BCUT2D eigenvalue weighted by atomic mass is 15.2. The Morgan fingerprint density at radius 2 is 0.873 bits per heavy atom. The molecule has 0 radical (unpaired) electrons. The van der Waals surface area contributed by atoms with Crippen molar-refractivity contribution in [2.45, 2.75) is 0 Å². The number of hydrogen-bond donors (Lipinski definition) is 0. The average molecular weight is 699 g/mol. The molecule has 2 aliphatic rings. The molecule has 8 aromatic carbocycles. The Morgan fingerprint density at radius 3 is 1.51 bits per heavy atom. The van der Waals surface area contributed by atoms with E-state index in [1.165, 1.54) is 5.46 Å². The van der Waals surface area contributed by atoms with E-state index in [4.69, 9.17) is 0 Å². The lowest BCUT2D eigenvalue weighted by atomic mass is 9.33. The van der Waals surface area contributed by atoms with Crippen LogP contribution >= 0.6 is 0 Å². The second kappa shape index (κ2) is 13.1. The highest BCUT2D eigenvalue weighted by molar-refractivity contribution is 7.00. The SMILES string of the molecule is N#Cc1ccc2c(c1)B1c3ccccc3N(c3ccc(C#N)cc3-c3ccccc3)c3cccc(c31)N2c1cc(-c2ccccc2)cc(-c2ccccc2)c1. The Hall–Kier alpha value is -7.60. The largest absolute Gasteiger partial charge is 0.311 e. The third-order valence-corrected chi connectivity index (χ3v) is 10.9. The maximum absolute atomic E-state index is 10.2. The maximum Gasteiger partial charge on any atom is 0.252 e. The molecule has 2 heterocycles. The van der Waals surface area contributed by atoms with E-state index in [1.54, 1.807) is 0 Å². The van der Waals surface area contributed by atoms with Crippen LogP contribution in [-0.2, 0) is 0 Å². The van der Waals surface area contributed by atoms with E-state index in [2.05, 4.69) is 174 Å². The highest BCUT2D eigenvalue weighted by Crippen LogP contribution is 2.47. The van der Waals surface area contributed by atoms with Crippen LogP contribution in [0.25, 0.3) is 33.4 Å². The van der Waals surface area contributed by atoms with E-state index in [0.29, 0.717) is 11.1 Å². The second-order valence-corrected chi connectivity index (χ2v) is 14.0. The van der Waals surface area contributed by atoms with Crippen LogP contribution < -0.4 is 26.2 Å². The summed E-state index contributed by atoms with van der Waals surface area (Å²) in [7, 11) is 0. The molecule has 0 unspecified atom stereocenters. The van der Waals surface area contributed by atoms with E-state index in [1.807, 2.05) is 36.4 Å². The van der Waals surface area contributed by atoms with Crippen molar-refractivity contribution in [3.8, 4) is 45.5 Å². The van der Waals surface area contributed by atoms with Crippen LogP contribution in [0.15, 0.2) is 188 Å². The van der Waals surface area contributed by atoms with Crippen LogP contribution in [-0.4, -0.2) is 6.71 Å². The number of para-hydroxylation sites is 1. The van der Waals surface area contributed by atoms with Crippen molar-refractivity contribution in [1.29, 1.82) is 10.5 Å². The Kier molecular flexibility index (Phi) is 7.65. The summed E-state index contributed by atoms with van der Waals surface area (Å²) in [6, 6.07) is 70.3. The fraction of sp³-hybridized carbons (Fsp3) is 0. The minimum Gasteiger partial charge on any atom is -0.311 e.